The van der Waals surface area contributed by atoms with Gasteiger partial charge in [0.2, 0.25) is 28.6 Å². The molecule has 0 saturated carbocycles. The standard InChI is InChI=1S/C29H32ClN3O6S/c1-3-15-31-29(35)25(16-21-7-5-4-6-8-21)32(18-22-9-11-23(30)12-10-22)28(34)19-33(40(2,36)37)24-13-14-26-27(17-24)39-20-38-26/h4-14,17,25H,3,15-16,18-20H2,1-2H3,(H,31,35). The molecule has 0 aromatic heterocycles. The summed E-state index contributed by atoms with van der Waals surface area (Å²) in [6.45, 7) is 1.97. The fraction of sp³-hybridized carbons (Fsp3) is 0.310. The maximum atomic E-state index is 14.0. The lowest BCUT2D eigenvalue weighted by atomic mass is 10.0. The average Bonchev–Trinajstić information content (AvgIpc) is 3.41. The van der Waals surface area contributed by atoms with Crippen molar-refractivity contribution in [1.29, 1.82) is 0 Å². The van der Waals surface area contributed by atoms with E-state index in [0.717, 1.165) is 28.1 Å². The summed E-state index contributed by atoms with van der Waals surface area (Å²) >= 11 is 6.08. The van der Waals surface area contributed by atoms with Crippen molar-refractivity contribution in [1.82, 2.24) is 10.2 Å². The molecule has 0 fully saturated rings. The lowest BCUT2D eigenvalue weighted by Gasteiger charge is -2.33. The largest absolute Gasteiger partial charge is 0.454 e. The summed E-state index contributed by atoms with van der Waals surface area (Å²) in [7, 11) is -3.89. The first kappa shape index (κ1) is 29.2. The van der Waals surface area contributed by atoms with Crippen LogP contribution in [-0.2, 0) is 32.6 Å². The van der Waals surface area contributed by atoms with E-state index in [-0.39, 0.29) is 31.4 Å². The van der Waals surface area contributed by atoms with E-state index in [9.17, 15) is 18.0 Å². The fourth-order valence-electron chi connectivity index (χ4n) is 4.36. The van der Waals surface area contributed by atoms with Gasteiger partial charge in [0, 0.05) is 30.6 Å². The quantitative estimate of drug-likeness (QED) is 0.344. The van der Waals surface area contributed by atoms with Crippen molar-refractivity contribution in [3.63, 3.8) is 0 Å². The molecule has 3 aromatic rings. The highest BCUT2D eigenvalue weighted by atomic mass is 35.5. The molecule has 40 heavy (non-hydrogen) atoms. The topological polar surface area (TPSA) is 105 Å². The van der Waals surface area contributed by atoms with Crippen molar-refractivity contribution >= 4 is 39.1 Å². The molecular formula is C29H32ClN3O6S. The Labute approximate surface area is 239 Å². The van der Waals surface area contributed by atoms with Gasteiger partial charge in [0.15, 0.2) is 11.5 Å². The van der Waals surface area contributed by atoms with E-state index in [1.165, 1.54) is 11.0 Å². The lowest BCUT2D eigenvalue weighted by Crippen LogP contribution is -2.53. The second-order valence-corrected chi connectivity index (χ2v) is 11.8. The van der Waals surface area contributed by atoms with Gasteiger partial charge in [0.25, 0.3) is 0 Å². The third-order valence-electron chi connectivity index (χ3n) is 6.41. The Balaban J connectivity index is 1.71. The molecule has 0 bridgehead atoms. The fourth-order valence-corrected chi connectivity index (χ4v) is 5.33. The van der Waals surface area contributed by atoms with Crippen LogP contribution in [0.5, 0.6) is 11.5 Å². The Morgan fingerprint density at radius 2 is 1.68 bits per heavy atom. The smallest absolute Gasteiger partial charge is 0.244 e. The molecule has 1 aliphatic rings. The van der Waals surface area contributed by atoms with Gasteiger partial charge in [-0.25, -0.2) is 8.42 Å². The Kier molecular flexibility index (Phi) is 9.54. The molecule has 1 unspecified atom stereocenters. The lowest BCUT2D eigenvalue weighted by molar-refractivity contribution is -0.140. The Bertz CT molecular complexity index is 1430. The minimum Gasteiger partial charge on any atom is -0.454 e. The zero-order valence-corrected chi connectivity index (χ0v) is 24.0. The van der Waals surface area contributed by atoms with E-state index >= 15 is 0 Å². The zero-order chi connectivity index (χ0) is 28.7. The van der Waals surface area contributed by atoms with Gasteiger partial charge in [-0.1, -0.05) is 61.0 Å². The van der Waals surface area contributed by atoms with Crippen LogP contribution in [0.15, 0.2) is 72.8 Å². The second-order valence-electron chi connectivity index (χ2n) is 9.45. The van der Waals surface area contributed by atoms with Gasteiger partial charge in [0.05, 0.1) is 11.9 Å². The molecule has 0 spiro atoms. The molecule has 2 amide bonds. The number of halogens is 1. The van der Waals surface area contributed by atoms with E-state index in [1.54, 1.807) is 36.4 Å². The third-order valence-corrected chi connectivity index (χ3v) is 7.80. The first-order valence-corrected chi connectivity index (χ1v) is 15.1. The van der Waals surface area contributed by atoms with Crippen LogP contribution in [0, 0.1) is 0 Å². The third kappa shape index (κ3) is 7.45. The number of ether oxygens (including phenoxy) is 2. The number of carbonyl (C=O) groups is 2. The van der Waals surface area contributed by atoms with Crippen LogP contribution in [0.25, 0.3) is 0 Å². The first-order valence-electron chi connectivity index (χ1n) is 12.9. The number of nitrogens with one attached hydrogen (secondary N) is 1. The molecule has 1 heterocycles. The normalized spacial score (nSPS) is 13.0. The monoisotopic (exact) mass is 585 g/mol. The minimum absolute atomic E-state index is 0.0273. The van der Waals surface area contributed by atoms with Gasteiger partial charge in [-0.15, -0.1) is 0 Å². The predicted octanol–water partition coefficient (Wildman–Crippen LogP) is 4.00. The van der Waals surface area contributed by atoms with Crippen LogP contribution in [-0.4, -0.2) is 57.3 Å². The van der Waals surface area contributed by atoms with Crippen molar-refractivity contribution in [2.24, 2.45) is 0 Å². The summed E-state index contributed by atoms with van der Waals surface area (Å²) in [5, 5.41) is 3.45. The Morgan fingerprint density at radius 3 is 2.35 bits per heavy atom. The number of anilines is 1. The summed E-state index contributed by atoms with van der Waals surface area (Å²) in [4.78, 5) is 29.0. The van der Waals surface area contributed by atoms with E-state index in [1.807, 2.05) is 37.3 Å². The van der Waals surface area contributed by atoms with Gasteiger partial charge >= 0.3 is 0 Å². The van der Waals surface area contributed by atoms with Crippen molar-refractivity contribution in [3.05, 3.63) is 88.9 Å². The number of rotatable bonds is 12. The highest BCUT2D eigenvalue weighted by Crippen LogP contribution is 2.36. The van der Waals surface area contributed by atoms with E-state index < -0.39 is 28.5 Å². The maximum Gasteiger partial charge on any atom is 0.244 e. The molecule has 4 rings (SSSR count). The Hall–Kier alpha value is -3.76. The van der Waals surface area contributed by atoms with Crippen LogP contribution < -0.4 is 19.1 Å². The average molecular weight is 586 g/mol. The van der Waals surface area contributed by atoms with E-state index in [0.29, 0.717) is 23.1 Å². The summed E-state index contributed by atoms with van der Waals surface area (Å²) < 4.78 is 37.6. The number of fused-ring (bicyclic) bond motifs is 1. The number of amides is 2. The zero-order valence-electron chi connectivity index (χ0n) is 22.4. The van der Waals surface area contributed by atoms with E-state index in [4.69, 9.17) is 21.1 Å². The van der Waals surface area contributed by atoms with Crippen molar-refractivity contribution < 1.29 is 27.5 Å². The maximum absolute atomic E-state index is 14.0. The molecule has 0 radical (unpaired) electrons. The number of benzene rings is 3. The van der Waals surface area contributed by atoms with Crippen LogP contribution in [0.4, 0.5) is 5.69 Å². The number of hydrogen-bond acceptors (Lipinski definition) is 6. The minimum atomic E-state index is -3.89. The molecular weight excluding hydrogens is 554 g/mol. The van der Waals surface area contributed by atoms with Gasteiger partial charge in [-0.3, -0.25) is 13.9 Å². The molecule has 1 aliphatic heterocycles. The molecule has 212 valence electrons. The van der Waals surface area contributed by atoms with Crippen molar-refractivity contribution in [2.75, 3.05) is 30.4 Å². The first-order chi connectivity index (χ1) is 19.2. The second kappa shape index (κ2) is 13.1. The summed E-state index contributed by atoms with van der Waals surface area (Å²) in [5.41, 5.74) is 1.86. The SMILES string of the molecule is CCCNC(=O)C(Cc1ccccc1)N(Cc1ccc(Cl)cc1)C(=O)CN(c1ccc2c(c1)OCO2)S(C)(=O)=O. The van der Waals surface area contributed by atoms with Crippen molar-refractivity contribution in [3.8, 4) is 11.5 Å². The van der Waals surface area contributed by atoms with Crippen LogP contribution in [0.2, 0.25) is 5.02 Å². The molecule has 3 aromatic carbocycles. The van der Waals surface area contributed by atoms with E-state index in [2.05, 4.69) is 5.32 Å². The van der Waals surface area contributed by atoms with Crippen LogP contribution in [0.1, 0.15) is 24.5 Å². The number of hydrogen-bond donors (Lipinski definition) is 1. The van der Waals surface area contributed by atoms with Crippen molar-refractivity contribution in [2.45, 2.75) is 32.4 Å². The predicted molar refractivity (Wildman–Crippen MR) is 154 cm³/mol. The highest BCUT2D eigenvalue weighted by Gasteiger charge is 2.33. The highest BCUT2D eigenvalue weighted by molar-refractivity contribution is 7.92. The molecule has 11 heteroatoms. The van der Waals surface area contributed by atoms with Gasteiger partial charge < -0.3 is 19.7 Å². The van der Waals surface area contributed by atoms with Gasteiger partial charge in [-0.2, -0.15) is 0 Å². The Morgan fingerprint density at radius 1 is 0.975 bits per heavy atom. The number of nitrogens with zero attached hydrogens (tertiary/aromatic N) is 2. The number of sulfonamides is 1. The molecule has 0 saturated heterocycles. The van der Waals surface area contributed by atoms with Crippen LogP contribution in [0.3, 0.4) is 0 Å². The molecule has 9 nitrogen and oxygen atoms in total. The molecule has 1 N–H and O–H groups in total. The molecule has 0 aliphatic carbocycles. The molecule has 1 atom stereocenters. The van der Waals surface area contributed by atoms with Crippen LogP contribution >= 0.6 is 11.6 Å². The summed E-state index contributed by atoms with van der Waals surface area (Å²) in [6.07, 6.45) is 2.00. The van der Waals surface area contributed by atoms with Gasteiger partial charge in [-0.05, 0) is 41.8 Å². The number of carbonyl (C=O) groups excluding carboxylic acids is 2. The summed E-state index contributed by atoms with van der Waals surface area (Å²) in [5.74, 6) is 0.0218. The summed E-state index contributed by atoms with van der Waals surface area (Å²) in [6, 6.07) is 20.1. The van der Waals surface area contributed by atoms with Gasteiger partial charge in [0.1, 0.15) is 12.6 Å².